The van der Waals surface area contributed by atoms with Crippen molar-refractivity contribution >= 4 is 16.0 Å². The number of halogens is 1. The fourth-order valence-electron chi connectivity index (χ4n) is 1.68. The zero-order valence-corrected chi connectivity index (χ0v) is 11.2. The topological polar surface area (TPSA) is 73.8 Å². The molecule has 1 aromatic carbocycles. The Labute approximate surface area is 111 Å². The van der Waals surface area contributed by atoms with Gasteiger partial charge in [0.15, 0.2) is 0 Å². The van der Waals surface area contributed by atoms with Gasteiger partial charge in [0.2, 0.25) is 16.0 Å². The fourth-order valence-corrected chi connectivity index (χ4v) is 2.17. The maximum Gasteiger partial charge on any atom is 0.232 e. The van der Waals surface area contributed by atoms with Crippen LogP contribution >= 0.6 is 0 Å². The van der Waals surface area contributed by atoms with Crippen molar-refractivity contribution in [2.75, 3.05) is 19.6 Å². The maximum atomic E-state index is 13.5. The van der Waals surface area contributed by atoms with E-state index in [1.807, 2.05) is 4.90 Å². The summed E-state index contributed by atoms with van der Waals surface area (Å²) in [5, 5.41) is 2.83. The molecule has 0 spiro atoms. The lowest BCUT2D eigenvalue weighted by Crippen LogP contribution is -2.49. The molecule has 8 heteroatoms. The van der Waals surface area contributed by atoms with E-state index < -0.39 is 10.0 Å². The largest absolute Gasteiger partial charge is 0.343 e. The predicted octanol–water partition coefficient (Wildman–Crippen LogP) is 0.0511. The zero-order chi connectivity index (χ0) is 13.9. The summed E-state index contributed by atoms with van der Waals surface area (Å²) in [5.74, 6) is -0.0428. The van der Waals surface area contributed by atoms with Crippen LogP contribution in [0.5, 0.6) is 0 Å². The van der Waals surface area contributed by atoms with Crippen LogP contribution in [0.4, 0.5) is 4.39 Å². The number of aliphatic imine (C=N–C) groups is 1. The van der Waals surface area contributed by atoms with Gasteiger partial charge in [-0.2, -0.15) is 0 Å². The monoisotopic (exact) mass is 286 g/mol. The Morgan fingerprint density at radius 1 is 1.47 bits per heavy atom. The molecule has 1 aliphatic heterocycles. The first-order chi connectivity index (χ1) is 8.94. The highest BCUT2D eigenvalue weighted by Gasteiger charge is 2.15. The van der Waals surface area contributed by atoms with E-state index in [0.717, 1.165) is 6.26 Å². The molecule has 104 valence electrons. The van der Waals surface area contributed by atoms with Gasteiger partial charge >= 0.3 is 0 Å². The normalized spacial score (nSPS) is 16.6. The predicted molar refractivity (Wildman–Crippen MR) is 70.2 cm³/mol. The van der Waals surface area contributed by atoms with Crippen molar-refractivity contribution in [2.24, 2.45) is 4.99 Å². The molecule has 6 nitrogen and oxygen atoms in total. The number of nitrogens with one attached hydrogen (secondary N) is 2. The lowest BCUT2D eigenvalue weighted by Gasteiger charge is -2.26. The Balaban J connectivity index is 1.95. The summed E-state index contributed by atoms with van der Waals surface area (Å²) in [6.07, 6.45) is 1.06. The number of hydrogen-bond acceptors (Lipinski definition) is 5. The van der Waals surface area contributed by atoms with Crippen LogP contribution in [0.3, 0.4) is 0 Å². The van der Waals surface area contributed by atoms with E-state index in [0.29, 0.717) is 25.4 Å². The minimum Gasteiger partial charge on any atom is -0.343 e. The van der Waals surface area contributed by atoms with E-state index in [1.165, 1.54) is 6.07 Å². The quantitative estimate of drug-likeness (QED) is 0.823. The Bertz CT molecular complexity index is 588. The number of hydrogen-bond donors (Lipinski definition) is 2. The second-order valence-corrected chi connectivity index (χ2v) is 6.03. The van der Waals surface area contributed by atoms with Crippen molar-refractivity contribution in [3.05, 3.63) is 35.6 Å². The van der Waals surface area contributed by atoms with E-state index in [2.05, 4.69) is 15.0 Å². The summed E-state index contributed by atoms with van der Waals surface area (Å²) < 4.78 is 37.8. The minimum absolute atomic E-state index is 0.215. The number of rotatable bonds is 3. The zero-order valence-electron chi connectivity index (χ0n) is 10.4. The van der Waals surface area contributed by atoms with Crippen molar-refractivity contribution in [1.29, 1.82) is 0 Å². The summed E-state index contributed by atoms with van der Waals surface area (Å²) in [6.45, 7) is 1.12. The Morgan fingerprint density at radius 2 is 2.21 bits per heavy atom. The first-order valence-electron chi connectivity index (χ1n) is 5.66. The SMILES string of the molecule is CS(=O)(=O)NC1=NCN(Cc2ccccc2F)CN1. The molecule has 0 saturated carbocycles. The van der Waals surface area contributed by atoms with Crippen molar-refractivity contribution in [3.63, 3.8) is 0 Å². The van der Waals surface area contributed by atoms with E-state index in [9.17, 15) is 12.8 Å². The summed E-state index contributed by atoms with van der Waals surface area (Å²) in [4.78, 5) is 5.89. The highest BCUT2D eigenvalue weighted by Crippen LogP contribution is 2.10. The Kier molecular flexibility index (Phi) is 4.01. The van der Waals surface area contributed by atoms with Gasteiger partial charge < -0.3 is 5.32 Å². The lowest BCUT2D eigenvalue weighted by molar-refractivity contribution is 0.252. The van der Waals surface area contributed by atoms with Gasteiger partial charge in [0, 0.05) is 12.1 Å². The molecule has 2 rings (SSSR count). The van der Waals surface area contributed by atoms with Crippen LogP contribution in [0.15, 0.2) is 29.3 Å². The standard InChI is InChI=1S/C11H15FN4O2S/c1-19(17,18)15-11-13-7-16(8-14-11)6-9-4-2-3-5-10(9)12/h2-5H,6-8H2,1H3,(H2,13,14,15). The summed E-state index contributed by atoms with van der Waals surface area (Å²) in [7, 11) is -3.33. The van der Waals surface area contributed by atoms with Crippen LogP contribution < -0.4 is 10.0 Å². The number of guanidine groups is 1. The molecule has 2 N–H and O–H groups in total. The van der Waals surface area contributed by atoms with Gasteiger partial charge in [-0.1, -0.05) is 18.2 Å². The highest BCUT2D eigenvalue weighted by atomic mass is 32.2. The van der Waals surface area contributed by atoms with Gasteiger partial charge in [0.25, 0.3) is 0 Å². The first kappa shape index (κ1) is 13.8. The van der Waals surface area contributed by atoms with Crippen LogP contribution in [-0.2, 0) is 16.6 Å². The van der Waals surface area contributed by atoms with Crippen LogP contribution in [0, 0.1) is 5.82 Å². The first-order valence-corrected chi connectivity index (χ1v) is 7.55. The van der Waals surface area contributed by atoms with Crippen molar-refractivity contribution in [3.8, 4) is 0 Å². The van der Waals surface area contributed by atoms with Crippen LogP contribution in [0.25, 0.3) is 0 Å². The Hall–Kier alpha value is -1.67. The third kappa shape index (κ3) is 4.18. The molecule has 0 amide bonds. The average molecular weight is 286 g/mol. The molecule has 0 radical (unpaired) electrons. The van der Waals surface area contributed by atoms with Gasteiger partial charge in [-0.25, -0.2) is 17.8 Å². The highest BCUT2D eigenvalue weighted by molar-refractivity contribution is 7.89. The van der Waals surface area contributed by atoms with Gasteiger partial charge in [0.05, 0.1) is 19.6 Å². The second-order valence-electron chi connectivity index (χ2n) is 4.28. The van der Waals surface area contributed by atoms with E-state index >= 15 is 0 Å². The molecule has 0 bridgehead atoms. The third-order valence-corrected chi connectivity index (χ3v) is 3.10. The Morgan fingerprint density at radius 3 is 2.79 bits per heavy atom. The maximum absolute atomic E-state index is 13.5. The lowest BCUT2D eigenvalue weighted by atomic mass is 10.2. The van der Waals surface area contributed by atoms with Crippen molar-refractivity contribution in [1.82, 2.24) is 14.9 Å². The van der Waals surface area contributed by atoms with Crippen molar-refractivity contribution < 1.29 is 12.8 Å². The smallest absolute Gasteiger partial charge is 0.232 e. The van der Waals surface area contributed by atoms with Gasteiger partial charge in [-0.05, 0) is 6.07 Å². The molecule has 0 fully saturated rings. The second kappa shape index (κ2) is 5.54. The minimum atomic E-state index is -3.33. The van der Waals surface area contributed by atoms with Crippen molar-refractivity contribution in [2.45, 2.75) is 6.54 Å². The van der Waals surface area contributed by atoms with Gasteiger partial charge in [-0.3, -0.25) is 9.62 Å². The van der Waals surface area contributed by atoms with Crippen LogP contribution in [-0.4, -0.2) is 38.9 Å². The molecule has 0 aromatic heterocycles. The third-order valence-electron chi connectivity index (χ3n) is 2.53. The number of nitrogens with zero attached hydrogens (tertiary/aromatic N) is 2. The molecule has 0 unspecified atom stereocenters. The average Bonchev–Trinajstić information content (AvgIpc) is 2.33. The van der Waals surface area contributed by atoms with Crippen LogP contribution in [0.1, 0.15) is 5.56 Å². The van der Waals surface area contributed by atoms with E-state index in [1.54, 1.807) is 18.2 Å². The van der Waals surface area contributed by atoms with Crippen LogP contribution in [0.2, 0.25) is 0 Å². The molecular weight excluding hydrogens is 271 g/mol. The molecule has 0 aliphatic carbocycles. The number of benzene rings is 1. The summed E-state index contributed by atoms with van der Waals surface area (Å²) >= 11 is 0. The molecule has 0 saturated heterocycles. The number of sulfonamides is 1. The fraction of sp³-hybridized carbons (Fsp3) is 0.364. The molecule has 0 atom stereocenters. The summed E-state index contributed by atoms with van der Waals surface area (Å²) in [5.41, 5.74) is 0.582. The van der Waals surface area contributed by atoms with Gasteiger partial charge in [-0.15, -0.1) is 0 Å². The summed E-state index contributed by atoms with van der Waals surface area (Å²) in [6, 6.07) is 6.53. The molecule has 1 aliphatic rings. The molecule has 1 heterocycles. The van der Waals surface area contributed by atoms with Gasteiger partial charge in [0.1, 0.15) is 5.82 Å². The molecule has 1 aromatic rings. The molecular formula is C11H15FN4O2S. The van der Waals surface area contributed by atoms with E-state index in [-0.39, 0.29) is 11.8 Å². The van der Waals surface area contributed by atoms with E-state index in [4.69, 9.17) is 0 Å². The molecule has 19 heavy (non-hydrogen) atoms.